The summed E-state index contributed by atoms with van der Waals surface area (Å²) in [6.45, 7) is 9.18. The van der Waals surface area contributed by atoms with E-state index in [0.717, 1.165) is 0 Å². The molecule has 0 N–H and O–H groups in total. The maximum absolute atomic E-state index is 13.6. The van der Waals surface area contributed by atoms with E-state index in [4.69, 9.17) is 4.74 Å². The molecule has 3 heteroatoms. The summed E-state index contributed by atoms with van der Waals surface area (Å²) in [7, 11) is 0. The molecule has 1 nitrogen and oxygen atoms in total. The fraction of sp³-hybridized carbons (Fsp3) is 1.00. The standard InChI is InChI=1S/C10H20F2O/c1-7(2)9(5,11)13-10(6,12)8(3)4/h7-8H,1-6H3. The van der Waals surface area contributed by atoms with Crippen LogP contribution in [0.1, 0.15) is 41.5 Å². The Bertz CT molecular complexity index is 144. The Morgan fingerprint density at radius 3 is 1.23 bits per heavy atom. The first-order valence-corrected chi connectivity index (χ1v) is 4.67. The fourth-order valence-corrected chi connectivity index (χ4v) is 0.626. The van der Waals surface area contributed by atoms with Crippen LogP contribution < -0.4 is 0 Å². The van der Waals surface area contributed by atoms with Crippen LogP contribution in [0.3, 0.4) is 0 Å². The molecule has 0 saturated heterocycles. The molecule has 0 aliphatic heterocycles. The molecule has 0 fully saturated rings. The average Bonchev–Trinajstić information content (AvgIpc) is 1.83. The van der Waals surface area contributed by atoms with Crippen LogP contribution >= 0.6 is 0 Å². The predicted octanol–water partition coefficient (Wildman–Crippen LogP) is 3.69. The molecule has 13 heavy (non-hydrogen) atoms. The molecular formula is C10H20F2O. The smallest absolute Gasteiger partial charge is 0.211 e. The van der Waals surface area contributed by atoms with Crippen molar-refractivity contribution in [1.82, 2.24) is 0 Å². The SMILES string of the molecule is CC(C)C(C)(F)OC(C)(F)C(C)C. The molecule has 0 amide bonds. The molecular weight excluding hydrogens is 174 g/mol. The van der Waals surface area contributed by atoms with Gasteiger partial charge in [-0.15, -0.1) is 0 Å². The van der Waals surface area contributed by atoms with Gasteiger partial charge in [-0.2, -0.15) is 0 Å². The van der Waals surface area contributed by atoms with Crippen LogP contribution in [-0.2, 0) is 4.74 Å². The third kappa shape index (κ3) is 3.59. The fourth-order valence-electron chi connectivity index (χ4n) is 0.626. The van der Waals surface area contributed by atoms with Crippen molar-refractivity contribution in [3.8, 4) is 0 Å². The highest BCUT2D eigenvalue weighted by Gasteiger charge is 2.40. The van der Waals surface area contributed by atoms with Crippen molar-refractivity contribution in [1.29, 1.82) is 0 Å². The largest absolute Gasteiger partial charge is 0.309 e. The summed E-state index contributed by atoms with van der Waals surface area (Å²) in [6.07, 6.45) is 0. The summed E-state index contributed by atoms with van der Waals surface area (Å²) >= 11 is 0. The quantitative estimate of drug-likeness (QED) is 0.663. The van der Waals surface area contributed by atoms with E-state index in [2.05, 4.69) is 0 Å². The number of rotatable bonds is 4. The lowest BCUT2D eigenvalue weighted by Crippen LogP contribution is -2.41. The third-order valence-corrected chi connectivity index (χ3v) is 2.46. The predicted molar refractivity (Wildman–Crippen MR) is 49.8 cm³/mol. The van der Waals surface area contributed by atoms with Gasteiger partial charge >= 0.3 is 0 Å². The summed E-state index contributed by atoms with van der Waals surface area (Å²) in [5, 5.41) is 0. The Morgan fingerprint density at radius 2 is 1.08 bits per heavy atom. The Labute approximate surface area is 79.5 Å². The highest BCUT2D eigenvalue weighted by molar-refractivity contribution is 4.73. The van der Waals surface area contributed by atoms with Crippen LogP contribution in [0.2, 0.25) is 0 Å². The van der Waals surface area contributed by atoms with Crippen LogP contribution in [0.15, 0.2) is 0 Å². The van der Waals surface area contributed by atoms with E-state index < -0.39 is 11.7 Å². The molecule has 0 bridgehead atoms. The lowest BCUT2D eigenvalue weighted by molar-refractivity contribution is -0.290. The van der Waals surface area contributed by atoms with Gasteiger partial charge in [-0.3, -0.25) is 0 Å². The Balaban J connectivity index is 4.42. The lowest BCUT2D eigenvalue weighted by atomic mass is 10.0. The Hall–Kier alpha value is -0.180. The van der Waals surface area contributed by atoms with Crippen molar-refractivity contribution in [2.45, 2.75) is 53.3 Å². The number of hydrogen-bond donors (Lipinski definition) is 0. The second-order valence-corrected chi connectivity index (χ2v) is 4.38. The van der Waals surface area contributed by atoms with Crippen molar-refractivity contribution in [2.75, 3.05) is 0 Å². The number of halogens is 2. The van der Waals surface area contributed by atoms with Crippen molar-refractivity contribution in [3.05, 3.63) is 0 Å². The van der Waals surface area contributed by atoms with Gasteiger partial charge < -0.3 is 4.74 Å². The minimum atomic E-state index is -1.91. The summed E-state index contributed by atoms with van der Waals surface area (Å²) in [6, 6.07) is 0. The van der Waals surface area contributed by atoms with Crippen molar-refractivity contribution in [2.24, 2.45) is 11.8 Å². The van der Waals surface area contributed by atoms with E-state index >= 15 is 0 Å². The zero-order valence-electron chi connectivity index (χ0n) is 9.32. The first-order valence-electron chi connectivity index (χ1n) is 4.67. The Morgan fingerprint density at radius 1 is 0.846 bits per heavy atom. The van der Waals surface area contributed by atoms with Crippen molar-refractivity contribution < 1.29 is 13.5 Å². The maximum atomic E-state index is 13.6. The first kappa shape index (κ1) is 12.8. The van der Waals surface area contributed by atoms with E-state index in [1.807, 2.05) is 0 Å². The molecule has 80 valence electrons. The van der Waals surface area contributed by atoms with E-state index in [1.165, 1.54) is 13.8 Å². The zero-order chi connectivity index (χ0) is 10.9. The summed E-state index contributed by atoms with van der Waals surface area (Å²) < 4.78 is 32.0. The van der Waals surface area contributed by atoms with Gasteiger partial charge in [0.05, 0.1) is 0 Å². The number of ether oxygens (including phenoxy) is 1. The van der Waals surface area contributed by atoms with Gasteiger partial charge in [-0.05, 0) is 13.8 Å². The second kappa shape index (κ2) is 3.91. The minimum absolute atomic E-state index is 0.360. The maximum Gasteiger partial charge on any atom is 0.211 e. The normalized spacial score (nSPS) is 21.7. The topological polar surface area (TPSA) is 9.23 Å². The third-order valence-electron chi connectivity index (χ3n) is 2.46. The highest BCUT2D eigenvalue weighted by Crippen LogP contribution is 2.33. The van der Waals surface area contributed by atoms with Gasteiger partial charge in [0.2, 0.25) is 11.7 Å². The number of hydrogen-bond acceptors (Lipinski definition) is 1. The number of alkyl halides is 2. The van der Waals surface area contributed by atoms with Crippen LogP contribution in [0.4, 0.5) is 8.78 Å². The van der Waals surface area contributed by atoms with E-state index in [0.29, 0.717) is 0 Å². The summed E-state index contributed by atoms with van der Waals surface area (Å²) in [5.41, 5.74) is 0. The molecule has 0 radical (unpaired) electrons. The minimum Gasteiger partial charge on any atom is -0.309 e. The molecule has 0 rings (SSSR count). The zero-order valence-corrected chi connectivity index (χ0v) is 9.32. The van der Waals surface area contributed by atoms with E-state index in [9.17, 15) is 8.78 Å². The summed E-state index contributed by atoms with van der Waals surface area (Å²) in [5.74, 6) is -4.54. The molecule has 0 saturated carbocycles. The molecule has 0 aliphatic rings. The molecule has 0 aromatic rings. The van der Waals surface area contributed by atoms with Crippen LogP contribution in [0.5, 0.6) is 0 Å². The second-order valence-electron chi connectivity index (χ2n) is 4.38. The van der Waals surface area contributed by atoms with Gasteiger partial charge in [-0.1, -0.05) is 27.7 Å². The molecule has 0 spiro atoms. The average molecular weight is 194 g/mol. The van der Waals surface area contributed by atoms with Crippen molar-refractivity contribution >= 4 is 0 Å². The van der Waals surface area contributed by atoms with Crippen LogP contribution in [0, 0.1) is 11.8 Å². The van der Waals surface area contributed by atoms with Gasteiger partial charge in [0.1, 0.15) is 0 Å². The van der Waals surface area contributed by atoms with Gasteiger partial charge in [-0.25, -0.2) is 8.78 Å². The molecule has 0 aromatic carbocycles. The monoisotopic (exact) mass is 194 g/mol. The van der Waals surface area contributed by atoms with Gasteiger partial charge in [0, 0.05) is 11.8 Å². The molecule has 2 atom stereocenters. The lowest BCUT2D eigenvalue weighted by Gasteiger charge is -2.34. The highest BCUT2D eigenvalue weighted by atomic mass is 19.2. The first-order chi connectivity index (χ1) is 5.59. The van der Waals surface area contributed by atoms with Crippen LogP contribution in [0.25, 0.3) is 0 Å². The van der Waals surface area contributed by atoms with Gasteiger partial charge in [0.25, 0.3) is 0 Å². The van der Waals surface area contributed by atoms with E-state index in [-0.39, 0.29) is 11.8 Å². The van der Waals surface area contributed by atoms with E-state index in [1.54, 1.807) is 27.7 Å². The van der Waals surface area contributed by atoms with Gasteiger partial charge in [0.15, 0.2) is 0 Å². The molecule has 2 unspecified atom stereocenters. The van der Waals surface area contributed by atoms with Crippen molar-refractivity contribution in [3.63, 3.8) is 0 Å². The van der Waals surface area contributed by atoms with Crippen LogP contribution in [-0.4, -0.2) is 11.7 Å². The molecule has 0 heterocycles. The molecule has 0 aliphatic carbocycles. The molecule has 0 aromatic heterocycles. The summed E-state index contributed by atoms with van der Waals surface area (Å²) in [4.78, 5) is 0. The Kier molecular flexibility index (Phi) is 3.85.